The van der Waals surface area contributed by atoms with Crippen LogP contribution in [-0.4, -0.2) is 46.1 Å². The maximum atomic E-state index is 13.1. The monoisotopic (exact) mass is 535 g/mol. The fourth-order valence-corrected chi connectivity index (χ4v) is 4.78. The van der Waals surface area contributed by atoms with Gasteiger partial charge < -0.3 is 14.3 Å². The molecule has 1 aromatic carbocycles. The largest absolute Gasteiger partial charge is 0.480 e. The fourth-order valence-electron chi connectivity index (χ4n) is 4.78. The lowest BCUT2D eigenvalue weighted by Gasteiger charge is -2.16. The normalized spacial score (nSPS) is 14.6. The second kappa shape index (κ2) is 9.03. The molecule has 4 aromatic heterocycles. The van der Waals surface area contributed by atoms with Crippen molar-refractivity contribution in [2.24, 2.45) is 7.05 Å². The summed E-state index contributed by atoms with van der Waals surface area (Å²) < 4.78 is 47.9. The Hall–Kier alpha value is -4.55. The van der Waals surface area contributed by atoms with Crippen LogP contribution in [0.25, 0.3) is 33.9 Å². The molecule has 1 fully saturated rings. The summed E-state index contributed by atoms with van der Waals surface area (Å²) in [6.07, 6.45) is 1.62. The van der Waals surface area contributed by atoms with Gasteiger partial charge in [0.2, 0.25) is 11.5 Å². The number of methoxy groups -OCH3 is 1. The van der Waals surface area contributed by atoms with Crippen LogP contribution >= 0.6 is 0 Å². The molecule has 1 saturated carbocycles. The van der Waals surface area contributed by atoms with Gasteiger partial charge in [0.05, 0.1) is 25.0 Å². The van der Waals surface area contributed by atoms with Crippen LogP contribution < -0.4 is 10.4 Å². The second-order valence-electron chi connectivity index (χ2n) is 9.55. The highest BCUT2D eigenvalue weighted by molar-refractivity contribution is 5.75. The quantitative estimate of drug-likeness (QED) is 0.327. The molecule has 5 aromatic rings. The number of H-pyrrole nitrogens is 1. The first-order valence-electron chi connectivity index (χ1n) is 12.3. The van der Waals surface area contributed by atoms with E-state index in [1.54, 1.807) is 30.0 Å². The molecular formula is C26H24F3N9O. The van der Waals surface area contributed by atoms with Crippen molar-refractivity contribution in [2.75, 3.05) is 7.11 Å². The Kier molecular flexibility index (Phi) is 5.74. The van der Waals surface area contributed by atoms with Crippen molar-refractivity contribution in [1.82, 2.24) is 39.0 Å². The van der Waals surface area contributed by atoms with Crippen LogP contribution in [0.1, 0.15) is 48.7 Å². The van der Waals surface area contributed by atoms with Gasteiger partial charge in [-0.3, -0.25) is 9.98 Å². The fraction of sp³-hybridized carbons (Fsp3) is 0.308. The first kappa shape index (κ1) is 24.8. The summed E-state index contributed by atoms with van der Waals surface area (Å²) in [5.41, 5.74) is 3.18. The van der Waals surface area contributed by atoms with Gasteiger partial charge in [0.1, 0.15) is 23.2 Å². The molecule has 6 rings (SSSR count). The van der Waals surface area contributed by atoms with Crippen LogP contribution in [0.5, 0.6) is 5.88 Å². The molecule has 2 N–H and O–H groups in total. The van der Waals surface area contributed by atoms with Gasteiger partial charge in [-0.2, -0.15) is 13.2 Å². The van der Waals surface area contributed by atoms with E-state index in [-0.39, 0.29) is 17.5 Å². The van der Waals surface area contributed by atoms with Crippen molar-refractivity contribution < 1.29 is 17.9 Å². The molecule has 1 aliphatic rings. The molecule has 1 aliphatic carbocycles. The smallest absolute Gasteiger partial charge is 0.434 e. The lowest BCUT2D eigenvalue weighted by Crippen LogP contribution is -2.21. The number of hydrogen-bond acceptors (Lipinski definition) is 7. The lowest BCUT2D eigenvalue weighted by molar-refractivity contribution is -0.140. The van der Waals surface area contributed by atoms with Gasteiger partial charge >= 0.3 is 6.18 Å². The van der Waals surface area contributed by atoms with Gasteiger partial charge in [0.25, 0.3) is 0 Å². The molecule has 0 saturated heterocycles. The molecule has 0 aliphatic heterocycles. The minimum Gasteiger partial charge on any atom is -0.480 e. The van der Waals surface area contributed by atoms with E-state index in [2.05, 4.69) is 24.9 Å². The van der Waals surface area contributed by atoms with Crippen LogP contribution in [0, 0.1) is 5.41 Å². The minimum atomic E-state index is -4.52. The van der Waals surface area contributed by atoms with Gasteiger partial charge in [-0.1, -0.05) is 24.3 Å². The molecule has 39 heavy (non-hydrogen) atoms. The highest BCUT2D eigenvalue weighted by Crippen LogP contribution is 2.45. The molecular weight excluding hydrogens is 511 g/mol. The number of rotatable bonds is 6. The Balaban J connectivity index is 1.39. The zero-order valence-corrected chi connectivity index (χ0v) is 21.3. The molecule has 0 bridgehead atoms. The minimum absolute atomic E-state index is 0.130. The number of aromatic nitrogens is 8. The molecule has 1 atom stereocenters. The van der Waals surface area contributed by atoms with Crippen molar-refractivity contribution in [3.8, 4) is 28.7 Å². The zero-order valence-electron chi connectivity index (χ0n) is 21.3. The first-order chi connectivity index (χ1) is 18.7. The number of fused-ring (bicyclic) bond motifs is 1. The van der Waals surface area contributed by atoms with Gasteiger partial charge in [0, 0.05) is 24.7 Å². The summed E-state index contributed by atoms with van der Waals surface area (Å²) in [5.74, 6) is 1.33. The molecule has 10 nitrogen and oxygen atoms in total. The van der Waals surface area contributed by atoms with E-state index in [0.29, 0.717) is 39.9 Å². The maximum absolute atomic E-state index is 13.1. The number of aromatic amines is 1. The Morgan fingerprint density at radius 3 is 2.49 bits per heavy atom. The summed E-state index contributed by atoms with van der Waals surface area (Å²) in [7, 11) is 3.07. The first-order valence-corrected chi connectivity index (χ1v) is 12.3. The van der Waals surface area contributed by atoms with E-state index >= 15 is 0 Å². The number of alkyl halides is 3. The maximum Gasteiger partial charge on any atom is 0.434 e. The highest BCUT2D eigenvalue weighted by atomic mass is 19.4. The summed E-state index contributed by atoms with van der Waals surface area (Å²) in [6, 6.07) is 6.75. The van der Waals surface area contributed by atoms with Gasteiger partial charge in [0.15, 0.2) is 17.2 Å². The third kappa shape index (κ3) is 4.33. The molecule has 4 heterocycles. The standard InChI is InChI=1S/C26H24F3N9O/c1-13(14-4-8-16(9-5-14)22-35-18(11-37(22)2)26(27,28)29)38-23-17(34-25(38)30)10-31-21(36-23)19-20(15-6-7-15)32-12-33-24(19)39-3/h4-5,8-13,15H,6-7H2,1-3H3,(H2,30,34). The van der Waals surface area contributed by atoms with E-state index < -0.39 is 11.9 Å². The van der Waals surface area contributed by atoms with E-state index in [9.17, 15) is 13.2 Å². The van der Waals surface area contributed by atoms with Gasteiger partial charge in [-0.15, -0.1) is 0 Å². The van der Waals surface area contributed by atoms with E-state index in [4.69, 9.17) is 15.1 Å². The topological polar surface area (TPSA) is 123 Å². The Morgan fingerprint density at radius 2 is 1.85 bits per heavy atom. The average Bonchev–Trinajstić information content (AvgIpc) is 3.61. The second-order valence-corrected chi connectivity index (χ2v) is 9.55. The highest BCUT2D eigenvalue weighted by Gasteiger charge is 2.35. The predicted octanol–water partition coefficient (Wildman–Crippen LogP) is 4.61. The Labute approximate surface area is 220 Å². The van der Waals surface area contributed by atoms with Crippen molar-refractivity contribution in [1.29, 1.82) is 5.41 Å². The Morgan fingerprint density at radius 1 is 1.10 bits per heavy atom. The van der Waals surface area contributed by atoms with Gasteiger partial charge in [-0.25, -0.2) is 24.9 Å². The summed E-state index contributed by atoms with van der Waals surface area (Å²) in [5, 5.41) is 8.59. The number of aryl methyl sites for hydroxylation is 1. The van der Waals surface area contributed by atoms with Crippen molar-refractivity contribution in [2.45, 2.75) is 37.9 Å². The molecule has 13 heteroatoms. The number of hydrogen-bond donors (Lipinski definition) is 2. The van der Waals surface area contributed by atoms with E-state index in [0.717, 1.165) is 30.3 Å². The van der Waals surface area contributed by atoms with Crippen molar-refractivity contribution >= 4 is 11.2 Å². The number of benzene rings is 1. The molecule has 0 radical (unpaired) electrons. The predicted molar refractivity (Wildman–Crippen MR) is 135 cm³/mol. The van der Waals surface area contributed by atoms with E-state index in [1.165, 1.54) is 17.9 Å². The number of ether oxygens (including phenoxy) is 1. The molecule has 200 valence electrons. The number of imidazole rings is 2. The third-order valence-electron chi connectivity index (χ3n) is 6.92. The average molecular weight is 536 g/mol. The number of halogens is 3. The number of nitrogens with zero attached hydrogens (tertiary/aromatic N) is 7. The summed E-state index contributed by atoms with van der Waals surface area (Å²) in [6.45, 7) is 1.92. The van der Waals surface area contributed by atoms with Crippen LogP contribution in [-0.2, 0) is 13.2 Å². The van der Waals surface area contributed by atoms with Crippen LogP contribution in [0.15, 0.2) is 43.0 Å². The Bertz CT molecular complexity index is 1750. The van der Waals surface area contributed by atoms with Crippen LogP contribution in [0.2, 0.25) is 0 Å². The lowest BCUT2D eigenvalue weighted by atomic mass is 10.1. The zero-order chi connectivity index (χ0) is 27.5. The summed E-state index contributed by atoms with van der Waals surface area (Å²) >= 11 is 0. The third-order valence-corrected chi connectivity index (χ3v) is 6.92. The van der Waals surface area contributed by atoms with Gasteiger partial charge in [-0.05, 0) is 25.3 Å². The number of nitrogens with one attached hydrogen (secondary N) is 2. The SMILES string of the molecule is COc1ncnc(C2CC2)c1-c1ncc2[nH]c(=N)n(C(C)c3ccc(-c4nc(C(F)(F)F)cn4C)cc3)c2n1. The van der Waals surface area contributed by atoms with Crippen LogP contribution in [0.4, 0.5) is 13.2 Å². The van der Waals surface area contributed by atoms with Crippen LogP contribution in [0.3, 0.4) is 0 Å². The summed E-state index contributed by atoms with van der Waals surface area (Å²) in [4.78, 5) is 24.9. The molecule has 0 amide bonds. The molecule has 1 unspecified atom stereocenters. The van der Waals surface area contributed by atoms with Crippen molar-refractivity contribution in [3.05, 3.63) is 65.6 Å². The van der Waals surface area contributed by atoms with Crippen molar-refractivity contribution in [3.63, 3.8) is 0 Å². The van der Waals surface area contributed by atoms with E-state index in [1.807, 2.05) is 19.1 Å². The molecule has 0 spiro atoms.